The number of hydrogen-bond donors (Lipinski definition) is 1. The summed E-state index contributed by atoms with van der Waals surface area (Å²) in [5.41, 5.74) is 0.00607. The van der Waals surface area contributed by atoms with Crippen molar-refractivity contribution in [3.63, 3.8) is 0 Å². The molecule has 0 aromatic rings. The summed E-state index contributed by atoms with van der Waals surface area (Å²) in [6, 6.07) is 1.95. The first-order valence-electron chi connectivity index (χ1n) is 4.63. The highest BCUT2D eigenvalue weighted by Crippen LogP contribution is 2.10. The Morgan fingerprint density at radius 2 is 2.33 bits per heavy atom. The molecule has 0 spiro atoms. The van der Waals surface area contributed by atoms with Crippen molar-refractivity contribution in [1.29, 1.82) is 5.26 Å². The fourth-order valence-electron chi connectivity index (χ4n) is 1.24. The molecule has 0 atom stereocenters. The van der Waals surface area contributed by atoms with Crippen LogP contribution in [0.3, 0.4) is 0 Å². The van der Waals surface area contributed by atoms with Gasteiger partial charge in [0.05, 0.1) is 6.07 Å². The highest BCUT2D eigenvalue weighted by atomic mass is 16.4. The normalized spacial score (nSPS) is 15.8. The number of unbranched alkanes of at least 4 members (excludes halogenated alkanes) is 1. The summed E-state index contributed by atoms with van der Waals surface area (Å²) in [6.45, 7) is 0.309. The molecule has 1 aliphatic heterocycles. The maximum atomic E-state index is 11.3. The average Bonchev–Trinajstić information content (AvgIpc) is 2.20. The summed E-state index contributed by atoms with van der Waals surface area (Å²) in [5.74, 6) is -1.27. The van der Waals surface area contributed by atoms with Crippen LogP contribution in [0, 0.1) is 11.3 Å². The lowest BCUT2D eigenvalue weighted by molar-refractivity contribution is -0.132. The van der Waals surface area contributed by atoms with Crippen molar-refractivity contribution >= 4 is 17.6 Å². The largest absolute Gasteiger partial charge is 0.477 e. The molecule has 15 heavy (non-hydrogen) atoms. The number of nitrogens with zero attached hydrogens (tertiary/aromatic N) is 3. The number of carboxylic acids is 1. The summed E-state index contributed by atoms with van der Waals surface area (Å²) in [7, 11) is 0. The van der Waals surface area contributed by atoms with Gasteiger partial charge in [0, 0.05) is 25.8 Å². The fraction of sp³-hybridized carbons (Fsp3) is 0.556. The molecule has 1 amide bonds. The third kappa shape index (κ3) is 3.06. The number of aliphatic carboxylic acids is 1. The van der Waals surface area contributed by atoms with Crippen LogP contribution in [0.2, 0.25) is 0 Å². The Hall–Kier alpha value is -1.90. The van der Waals surface area contributed by atoms with E-state index >= 15 is 0 Å². The maximum Gasteiger partial charge on any atom is 0.352 e. The van der Waals surface area contributed by atoms with Crippen LogP contribution in [0.1, 0.15) is 25.7 Å². The third-order valence-electron chi connectivity index (χ3n) is 2.01. The van der Waals surface area contributed by atoms with E-state index in [0.717, 1.165) is 5.01 Å². The van der Waals surface area contributed by atoms with Crippen LogP contribution < -0.4 is 0 Å². The molecule has 0 saturated carbocycles. The van der Waals surface area contributed by atoms with Crippen LogP contribution in [0.15, 0.2) is 5.10 Å². The Labute approximate surface area is 86.8 Å². The van der Waals surface area contributed by atoms with Crippen molar-refractivity contribution in [1.82, 2.24) is 5.01 Å². The maximum absolute atomic E-state index is 11.3. The van der Waals surface area contributed by atoms with E-state index in [2.05, 4.69) is 5.10 Å². The van der Waals surface area contributed by atoms with E-state index in [1.807, 2.05) is 6.07 Å². The van der Waals surface area contributed by atoms with Crippen LogP contribution in [0.25, 0.3) is 0 Å². The van der Waals surface area contributed by atoms with E-state index in [1.54, 1.807) is 0 Å². The van der Waals surface area contributed by atoms with Gasteiger partial charge in [0.2, 0.25) is 5.91 Å². The summed E-state index contributed by atoms with van der Waals surface area (Å²) in [4.78, 5) is 21.9. The quantitative estimate of drug-likeness (QED) is 0.676. The average molecular weight is 209 g/mol. The Balaban J connectivity index is 2.60. The lowest BCUT2D eigenvalue weighted by Gasteiger charge is -2.21. The topological polar surface area (TPSA) is 93.8 Å². The number of carboxylic acid groups (broad SMARTS) is 1. The van der Waals surface area contributed by atoms with Gasteiger partial charge in [-0.2, -0.15) is 10.4 Å². The summed E-state index contributed by atoms with van der Waals surface area (Å²) < 4.78 is 0. The first-order valence-corrected chi connectivity index (χ1v) is 4.63. The Kier molecular flexibility index (Phi) is 3.80. The van der Waals surface area contributed by atoms with Gasteiger partial charge in [0.15, 0.2) is 0 Å². The number of nitriles is 1. The van der Waals surface area contributed by atoms with E-state index in [1.165, 1.54) is 0 Å². The molecule has 0 aliphatic carbocycles. The minimum atomic E-state index is -1.09. The highest BCUT2D eigenvalue weighted by molar-refractivity contribution is 6.36. The van der Waals surface area contributed by atoms with Gasteiger partial charge in [-0.15, -0.1) is 0 Å². The van der Waals surface area contributed by atoms with Crippen molar-refractivity contribution in [2.75, 3.05) is 6.54 Å². The standard InChI is InChI=1S/C9H11N3O3/c10-5-1-2-6-12-8(13)4-3-7(11-12)9(14)15/h1-4,6H2,(H,14,15). The van der Waals surface area contributed by atoms with E-state index in [0.29, 0.717) is 19.4 Å². The number of amides is 1. The minimum Gasteiger partial charge on any atom is -0.477 e. The van der Waals surface area contributed by atoms with Gasteiger partial charge in [0.25, 0.3) is 0 Å². The Morgan fingerprint density at radius 3 is 2.93 bits per heavy atom. The number of hydrogen-bond acceptors (Lipinski definition) is 4. The number of carbonyl (C=O) groups is 2. The Bertz CT molecular complexity index is 343. The van der Waals surface area contributed by atoms with E-state index < -0.39 is 5.97 Å². The van der Waals surface area contributed by atoms with Gasteiger partial charge >= 0.3 is 5.97 Å². The summed E-state index contributed by atoms with van der Waals surface area (Å²) in [6.07, 6.45) is 1.21. The summed E-state index contributed by atoms with van der Waals surface area (Å²) in [5, 5.41) is 21.9. The van der Waals surface area contributed by atoms with Gasteiger partial charge in [-0.05, 0) is 6.42 Å². The predicted molar refractivity (Wildman–Crippen MR) is 50.9 cm³/mol. The van der Waals surface area contributed by atoms with Gasteiger partial charge < -0.3 is 5.11 Å². The molecule has 1 rings (SSSR count). The molecule has 0 bridgehead atoms. The van der Waals surface area contributed by atoms with Crippen LogP contribution in [-0.4, -0.2) is 34.2 Å². The Morgan fingerprint density at radius 1 is 1.60 bits per heavy atom. The number of rotatable bonds is 4. The van der Waals surface area contributed by atoms with Gasteiger partial charge in [-0.1, -0.05) is 0 Å². The third-order valence-corrected chi connectivity index (χ3v) is 2.01. The first-order chi connectivity index (χ1) is 7.15. The molecule has 0 radical (unpaired) electrons. The second-order valence-corrected chi connectivity index (χ2v) is 3.13. The minimum absolute atomic E-state index is 0.00607. The molecule has 1 N–H and O–H groups in total. The van der Waals surface area contributed by atoms with E-state index in [9.17, 15) is 9.59 Å². The molecule has 0 saturated heterocycles. The van der Waals surface area contributed by atoms with Crippen molar-refractivity contribution < 1.29 is 14.7 Å². The fourth-order valence-corrected chi connectivity index (χ4v) is 1.24. The van der Waals surface area contributed by atoms with Crippen molar-refractivity contribution in [3.8, 4) is 6.07 Å². The van der Waals surface area contributed by atoms with Gasteiger partial charge in [-0.3, -0.25) is 4.79 Å². The molecular formula is C9H11N3O3. The molecule has 1 aliphatic rings. The molecule has 6 nitrogen and oxygen atoms in total. The highest BCUT2D eigenvalue weighted by Gasteiger charge is 2.23. The predicted octanol–water partition coefficient (Wildman–Crippen LogP) is 0.353. The zero-order valence-corrected chi connectivity index (χ0v) is 8.14. The monoisotopic (exact) mass is 209 g/mol. The lowest BCUT2D eigenvalue weighted by Crippen LogP contribution is -2.34. The molecule has 6 heteroatoms. The second-order valence-electron chi connectivity index (χ2n) is 3.13. The smallest absolute Gasteiger partial charge is 0.352 e. The molecule has 0 aromatic carbocycles. The van der Waals surface area contributed by atoms with Gasteiger partial charge in [-0.25, -0.2) is 9.80 Å². The molecular weight excluding hydrogens is 198 g/mol. The number of hydrazone groups is 1. The lowest BCUT2D eigenvalue weighted by atomic mass is 10.1. The van der Waals surface area contributed by atoms with Crippen molar-refractivity contribution in [2.24, 2.45) is 5.10 Å². The molecule has 0 fully saturated rings. The van der Waals surface area contributed by atoms with Crippen LogP contribution >= 0.6 is 0 Å². The first kappa shape index (κ1) is 11.2. The number of carbonyl (C=O) groups excluding carboxylic acids is 1. The van der Waals surface area contributed by atoms with E-state index in [-0.39, 0.29) is 24.5 Å². The molecule has 1 heterocycles. The van der Waals surface area contributed by atoms with Crippen molar-refractivity contribution in [3.05, 3.63) is 0 Å². The second kappa shape index (κ2) is 5.10. The van der Waals surface area contributed by atoms with Gasteiger partial charge in [0.1, 0.15) is 5.71 Å². The SMILES string of the molecule is N#CCCCN1N=C(C(=O)O)CCC1=O. The van der Waals surface area contributed by atoms with Crippen LogP contribution in [-0.2, 0) is 9.59 Å². The van der Waals surface area contributed by atoms with Crippen LogP contribution in [0.4, 0.5) is 0 Å². The summed E-state index contributed by atoms with van der Waals surface area (Å²) >= 11 is 0. The molecule has 0 aromatic heterocycles. The van der Waals surface area contributed by atoms with Crippen molar-refractivity contribution in [2.45, 2.75) is 25.7 Å². The van der Waals surface area contributed by atoms with E-state index in [4.69, 9.17) is 10.4 Å². The molecule has 80 valence electrons. The van der Waals surface area contributed by atoms with Crippen LogP contribution in [0.5, 0.6) is 0 Å². The zero-order valence-electron chi connectivity index (χ0n) is 8.14. The zero-order chi connectivity index (χ0) is 11.3. The molecule has 0 unspecified atom stereocenters.